The number of benzene rings is 1. The summed E-state index contributed by atoms with van der Waals surface area (Å²) in [4.78, 5) is 0. The molecule has 1 rings (SSSR count). The van der Waals surface area contributed by atoms with Gasteiger partial charge < -0.3 is 9.47 Å². The van der Waals surface area contributed by atoms with Crippen molar-refractivity contribution in [2.24, 2.45) is 0 Å². The van der Waals surface area contributed by atoms with E-state index in [0.717, 1.165) is 17.1 Å². The molecule has 0 atom stereocenters. The first-order chi connectivity index (χ1) is 6.27. The summed E-state index contributed by atoms with van der Waals surface area (Å²) in [6.45, 7) is 6.10. The summed E-state index contributed by atoms with van der Waals surface area (Å²) in [5, 5.41) is 0. The molecule has 0 aliphatic carbocycles. The Morgan fingerprint density at radius 2 is 2.15 bits per heavy atom. The van der Waals surface area contributed by atoms with Crippen LogP contribution in [-0.2, 0) is 0 Å². The van der Waals surface area contributed by atoms with Crippen molar-refractivity contribution in [2.45, 2.75) is 6.92 Å². The van der Waals surface area contributed by atoms with Crippen molar-refractivity contribution in [3.8, 4) is 11.5 Å². The molecule has 0 heterocycles. The molecule has 0 N–H and O–H groups in total. The molecule has 1 aromatic carbocycles. The van der Waals surface area contributed by atoms with E-state index < -0.39 is 0 Å². The Balaban J connectivity index is 2.85. The molecule has 0 aliphatic heterocycles. The van der Waals surface area contributed by atoms with Crippen LogP contribution in [0.1, 0.15) is 5.56 Å². The highest BCUT2D eigenvalue weighted by molar-refractivity contribution is 5.42. The van der Waals surface area contributed by atoms with E-state index >= 15 is 0 Å². The molecule has 0 saturated heterocycles. The molecule has 0 bridgehead atoms. The van der Waals surface area contributed by atoms with Gasteiger partial charge in [-0.05, 0) is 24.6 Å². The third-order valence-electron chi connectivity index (χ3n) is 1.68. The standard InChI is InChI=1S/C11H14O2/c1-4-7-13-10-6-5-9(2)8-11(10)12-3/h4-6,8H,1,7H2,2-3H3. The molecular formula is C11H14O2. The highest BCUT2D eigenvalue weighted by atomic mass is 16.5. The molecular weight excluding hydrogens is 164 g/mol. The molecule has 1 aromatic rings. The Hall–Kier alpha value is -1.44. The quantitative estimate of drug-likeness (QED) is 0.660. The Morgan fingerprint density at radius 1 is 1.38 bits per heavy atom. The molecule has 0 aromatic heterocycles. The highest BCUT2D eigenvalue weighted by Gasteiger charge is 2.02. The van der Waals surface area contributed by atoms with Crippen LogP contribution in [0.2, 0.25) is 0 Å². The lowest BCUT2D eigenvalue weighted by molar-refractivity contribution is 0.326. The van der Waals surface area contributed by atoms with Crippen molar-refractivity contribution in [2.75, 3.05) is 13.7 Å². The fourth-order valence-electron chi connectivity index (χ4n) is 1.04. The molecule has 0 saturated carbocycles. The Labute approximate surface area is 78.8 Å². The Morgan fingerprint density at radius 3 is 2.77 bits per heavy atom. The summed E-state index contributed by atoms with van der Waals surface area (Å²) in [6, 6.07) is 5.83. The van der Waals surface area contributed by atoms with Crippen LogP contribution >= 0.6 is 0 Å². The second kappa shape index (κ2) is 4.55. The fraction of sp³-hybridized carbons (Fsp3) is 0.273. The number of aryl methyl sites for hydroxylation is 1. The average Bonchev–Trinajstić information content (AvgIpc) is 2.16. The minimum Gasteiger partial charge on any atom is -0.493 e. The topological polar surface area (TPSA) is 18.5 Å². The second-order valence-electron chi connectivity index (χ2n) is 2.75. The van der Waals surface area contributed by atoms with Crippen LogP contribution in [0.25, 0.3) is 0 Å². The lowest BCUT2D eigenvalue weighted by atomic mass is 10.2. The zero-order valence-corrected chi connectivity index (χ0v) is 8.04. The first kappa shape index (κ1) is 9.65. The van der Waals surface area contributed by atoms with Crippen molar-refractivity contribution in [3.05, 3.63) is 36.4 Å². The maximum absolute atomic E-state index is 5.39. The van der Waals surface area contributed by atoms with Crippen molar-refractivity contribution in [1.82, 2.24) is 0 Å². The van der Waals surface area contributed by atoms with Crippen molar-refractivity contribution < 1.29 is 9.47 Å². The monoisotopic (exact) mass is 178 g/mol. The van der Waals surface area contributed by atoms with Gasteiger partial charge in [-0.1, -0.05) is 18.7 Å². The summed E-state index contributed by atoms with van der Waals surface area (Å²) < 4.78 is 10.6. The molecule has 2 heteroatoms. The first-order valence-corrected chi connectivity index (χ1v) is 4.16. The van der Waals surface area contributed by atoms with Crippen LogP contribution in [0, 0.1) is 6.92 Å². The smallest absolute Gasteiger partial charge is 0.161 e. The molecule has 0 unspecified atom stereocenters. The molecule has 0 spiro atoms. The fourth-order valence-corrected chi connectivity index (χ4v) is 1.04. The summed E-state index contributed by atoms with van der Waals surface area (Å²) >= 11 is 0. The summed E-state index contributed by atoms with van der Waals surface area (Å²) in [5.41, 5.74) is 1.16. The minimum atomic E-state index is 0.499. The van der Waals surface area contributed by atoms with E-state index in [9.17, 15) is 0 Å². The highest BCUT2D eigenvalue weighted by Crippen LogP contribution is 2.27. The second-order valence-corrected chi connectivity index (χ2v) is 2.75. The number of methoxy groups -OCH3 is 1. The molecule has 0 radical (unpaired) electrons. The zero-order chi connectivity index (χ0) is 9.68. The van der Waals surface area contributed by atoms with Crippen LogP contribution in [0.15, 0.2) is 30.9 Å². The average molecular weight is 178 g/mol. The molecule has 0 amide bonds. The van der Waals surface area contributed by atoms with Crippen LogP contribution in [-0.4, -0.2) is 13.7 Å². The predicted molar refractivity (Wildman–Crippen MR) is 53.4 cm³/mol. The van der Waals surface area contributed by atoms with Gasteiger partial charge in [0.05, 0.1) is 7.11 Å². The van der Waals surface area contributed by atoms with Gasteiger partial charge in [-0.15, -0.1) is 0 Å². The summed E-state index contributed by atoms with van der Waals surface area (Å²) in [7, 11) is 1.63. The van der Waals surface area contributed by atoms with Crippen LogP contribution in [0.4, 0.5) is 0 Å². The third-order valence-corrected chi connectivity index (χ3v) is 1.68. The van der Waals surface area contributed by atoms with Gasteiger partial charge in [0.25, 0.3) is 0 Å². The number of ether oxygens (including phenoxy) is 2. The maximum atomic E-state index is 5.39. The van der Waals surface area contributed by atoms with Gasteiger partial charge in [-0.3, -0.25) is 0 Å². The predicted octanol–water partition coefficient (Wildman–Crippen LogP) is 2.57. The number of rotatable bonds is 4. The number of hydrogen-bond donors (Lipinski definition) is 0. The largest absolute Gasteiger partial charge is 0.493 e. The van der Waals surface area contributed by atoms with E-state index in [1.165, 1.54) is 0 Å². The van der Waals surface area contributed by atoms with Gasteiger partial charge >= 0.3 is 0 Å². The van der Waals surface area contributed by atoms with Crippen molar-refractivity contribution in [1.29, 1.82) is 0 Å². The summed E-state index contributed by atoms with van der Waals surface area (Å²) in [5.74, 6) is 1.52. The van der Waals surface area contributed by atoms with Gasteiger partial charge in [0.1, 0.15) is 6.61 Å². The van der Waals surface area contributed by atoms with E-state index in [1.807, 2.05) is 25.1 Å². The van der Waals surface area contributed by atoms with Crippen LogP contribution in [0.5, 0.6) is 11.5 Å². The van der Waals surface area contributed by atoms with E-state index in [4.69, 9.17) is 9.47 Å². The van der Waals surface area contributed by atoms with E-state index in [-0.39, 0.29) is 0 Å². The normalized spacial score (nSPS) is 9.38. The lowest BCUT2D eigenvalue weighted by Crippen LogP contribution is -1.96. The molecule has 70 valence electrons. The number of hydrogen-bond acceptors (Lipinski definition) is 2. The van der Waals surface area contributed by atoms with E-state index in [2.05, 4.69) is 6.58 Å². The molecule has 13 heavy (non-hydrogen) atoms. The van der Waals surface area contributed by atoms with Crippen LogP contribution < -0.4 is 9.47 Å². The first-order valence-electron chi connectivity index (χ1n) is 4.16. The lowest BCUT2D eigenvalue weighted by Gasteiger charge is -2.09. The van der Waals surface area contributed by atoms with Gasteiger partial charge in [0.2, 0.25) is 0 Å². The SMILES string of the molecule is C=CCOc1ccc(C)cc1OC. The summed E-state index contributed by atoms with van der Waals surface area (Å²) in [6.07, 6.45) is 1.71. The maximum Gasteiger partial charge on any atom is 0.161 e. The molecule has 0 fully saturated rings. The van der Waals surface area contributed by atoms with E-state index in [1.54, 1.807) is 13.2 Å². The minimum absolute atomic E-state index is 0.499. The van der Waals surface area contributed by atoms with Gasteiger partial charge in [-0.25, -0.2) is 0 Å². The Bertz CT molecular complexity index is 292. The van der Waals surface area contributed by atoms with Crippen molar-refractivity contribution in [3.63, 3.8) is 0 Å². The third kappa shape index (κ3) is 2.51. The van der Waals surface area contributed by atoms with E-state index in [0.29, 0.717) is 6.61 Å². The van der Waals surface area contributed by atoms with Crippen molar-refractivity contribution >= 4 is 0 Å². The molecule has 0 aliphatic rings. The molecule has 2 nitrogen and oxygen atoms in total. The van der Waals surface area contributed by atoms with Gasteiger partial charge in [-0.2, -0.15) is 0 Å². The van der Waals surface area contributed by atoms with Crippen LogP contribution in [0.3, 0.4) is 0 Å². The van der Waals surface area contributed by atoms with Gasteiger partial charge in [0.15, 0.2) is 11.5 Å². The van der Waals surface area contributed by atoms with Gasteiger partial charge in [0, 0.05) is 0 Å². The zero-order valence-electron chi connectivity index (χ0n) is 8.04. The Kier molecular flexibility index (Phi) is 3.38.